The summed E-state index contributed by atoms with van der Waals surface area (Å²) in [6.07, 6.45) is 4.29. The molecule has 1 aliphatic carbocycles. The fourth-order valence-corrected chi connectivity index (χ4v) is 1.91. The lowest BCUT2D eigenvalue weighted by atomic mass is 10.2. The number of nitrogens with two attached hydrogens (primary N) is 1. The predicted octanol–water partition coefficient (Wildman–Crippen LogP) is 1.15. The number of anilines is 1. The molecule has 2 rings (SSSR count). The molecule has 1 saturated carbocycles. The molecule has 1 atom stereocenters. The third-order valence-electron chi connectivity index (χ3n) is 3.23. The smallest absolute Gasteiger partial charge is 0.243 e. The van der Waals surface area contributed by atoms with Crippen LogP contribution in [-0.4, -0.2) is 27.8 Å². The van der Waals surface area contributed by atoms with Crippen LogP contribution >= 0.6 is 0 Å². The molecule has 0 saturated heterocycles. The Kier molecular flexibility index (Phi) is 3.89. The van der Waals surface area contributed by atoms with E-state index in [1.54, 1.807) is 0 Å². The lowest BCUT2D eigenvalue weighted by Gasteiger charge is -2.12. The maximum Gasteiger partial charge on any atom is 0.243 e. The molecule has 1 aromatic heterocycles. The van der Waals surface area contributed by atoms with Gasteiger partial charge in [-0.3, -0.25) is 0 Å². The highest BCUT2D eigenvalue weighted by Gasteiger charge is 2.28. The Hall–Kier alpha value is -1.23. The second-order valence-corrected chi connectivity index (χ2v) is 4.62. The van der Waals surface area contributed by atoms with Crippen LogP contribution in [0.3, 0.4) is 0 Å². The summed E-state index contributed by atoms with van der Waals surface area (Å²) in [7, 11) is 0. The Morgan fingerprint density at radius 3 is 2.53 bits per heavy atom. The second-order valence-electron chi connectivity index (χ2n) is 4.62. The Morgan fingerprint density at radius 1 is 1.24 bits per heavy atom. The van der Waals surface area contributed by atoms with Crippen LogP contribution in [0.1, 0.15) is 38.1 Å². The van der Waals surface area contributed by atoms with Gasteiger partial charge < -0.3 is 11.1 Å². The zero-order chi connectivity index (χ0) is 12.3. The average Bonchev–Trinajstić information content (AvgIpc) is 3.19. The average molecular weight is 235 g/mol. The number of rotatable bonds is 6. The molecule has 1 fully saturated rings. The van der Waals surface area contributed by atoms with E-state index in [9.17, 15) is 0 Å². The van der Waals surface area contributed by atoms with Crippen molar-refractivity contribution in [3.63, 3.8) is 0 Å². The lowest BCUT2D eigenvalue weighted by molar-refractivity contribution is 0.617. The zero-order valence-corrected chi connectivity index (χ0v) is 10.6. The van der Waals surface area contributed by atoms with Crippen molar-refractivity contribution in [3.8, 4) is 0 Å². The van der Waals surface area contributed by atoms with Crippen LogP contribution in [0.2, 0.25) is 0 Å². The predicted molar refractivity (Wildman–Crippen MR) is 67.8 cm³/mol. The highest BCUT2D eigenvalue weighted by atomic mass is 15.2. The minimum absolute atomic E-state index is 0.217. The normalized spacial score (nSPS) is 16.9. The molecule has 1 heterocycles. The first-order valence-corrected chi connectivity index (χ1v) is 6.46. The third kappa shape index (κ3) is 3.12. The highest BCUT2D eigenvalue weighted by Crippen LogP contribution is 2.31. The molecule has 1 aromatic rings. The minimum Gasteiger partial charge on any atom is -0.351 e. The molecule has 0 aliphatic heterocycles. The van der Waals surface area contributed by atoms with Crippen LogP contribution in [0.4, 0.5) is 5.95 Å². The van der Waals surface area contributed by atoms with Crippen LogP contribution in [0.25, 0.3) is 0 Å². The summed E-state index contributed by atoms with van der Waals surface area (Å²) >= 11 is 0. The fraction of sp³-hybridized carbons (Fsp3) is 0.750. The van der Waals surface area contributed by atoms with E-state index in [-0.39, 0.29) is 6.04 Å². The van der Waals surface area contributed by atoms with Crippen LogP contribution in [0.5, 0.6) is 0 Å². The molecule has 3 N–H and O–H groups in total. The van der Waals surface area contributed by atoms with Crippen LogP contribution < -0.4 is 11.1 Å². The molecule has 1 aliphatic rings. The summed E-state index contributed by atoms with van der Waals surface area (Å²) in [6.45, 7) is 4.89. The SMILES string of the molecule is CCc1nnc(NCC(N)C2CC2)nc1CC. The first kappa shape index (κ1) is 12.2. The monoisotopic (exact) mass is 235 g/mol. The van der Waals surface area contributed by atoms with E-state index in [2.05, 4.69) is 34.3 Å². The van der Waals surface area contributed by atoms with E-state index in [1.807, 2.05) is 0 Å². The van der Waals surface area contributed by atoms with Crippen molar-refractivity contribution in [3.05, 3.63) is 11.4 Å². The van der Waals surface area contributed by atoms with E-state index >= 15 is 0 Å². The standard InChI is InChI=1S/C12H21N5/c1-3-10-11(4-2)16-17-12(15-10)14-7-9(13)8-5-6-8/h8-9H,3-7,13H2,1-2H3,(H,14,15,17). The number of aromatic nitrogens is 3. The largest absolute Gasteiger partial charge is 0.351 e. The van der Waals surface area contributed by atoms with Gasteiger partial charge in [0, 0.05) is 12.6 Å². The molecule has 0 radical (unpaired) electrons. The molecular weight excluding hydrogens is 214 g/mol. The number of hydrogen-bond acceptors (Lipinski definition) is 5. The molecule has 0 aromatic carbocycles. The molecule has 0 bridgehead atoms. The molecule has 5 nitrogen and oxygen atoms in total. The van der Waals surface area contributed by atoms with E-state index < -0.39 is 0 Å². The summed E-state index contributed by atoms with van der Waals surface area (Å²) in [5, 5.41) is 11.5. The van der Waals surface area contributed by atoms with E-state index in [1.165, 1.54) is 12.8 Å². The van der Waals surface area contributed by atoms with Crippen molar-refractivity contribution in [2.45, 2.75) is 45.6 Å². The van der Waals surface area contributed by atoms with E-state index in [4.69, 9.17) is 5.73 Å². The molecule has 94 valence electrons. The third-order valence-corrected chi connectivity index (χ3v) is 3.23. The van der Waals surface area contributed by atoms with Crippen molar-refractivity contribution < 1.29 is 0 Å². The summed E-state index contributed by atoms with van der Waals surface area (Å²) < 4.78 is 0. The maximum atomic E-state index is 6.01. The number of nitrogens with one attached hydrogen (secondary N) is 1. The Morgan fingerprint density at radius 2 is 1.94 bits per heavy atom. The van der Waals surface area contributed by atoms with Crippen molar-refractivity contribution in [2.75, 3.05) is 11.9 Å². The number of nitrogens with zero attached hydrogens (tertiary/aromatic N) is 3. The minimum atomic E-state index is 0.217. The molecule has 0 spiro atoms. The Balaban J connectivity index is 1.95. The molecular formula is C12H21N5. The van der Waals surface area contributed by atoms with Gasteiger partial charge in [0.25, 0.3) is 0 Å². The van der Waals surface area contributed by atoms with Gasteiger partial charge in [-0.1, -0.05) is 13.8 Å². The van der Waals surface area contributed by atoms with Crippen molar-refractivity contribution in [1.82, 2.24) is 15.2 Å². The molecule has 1 unspecified atom stereocenters. The van der Waals surface area contributed by atoms with Gasteiger partial charge in [-0.25, -0.2) is 4.98 Å². The second kappa shape index (κ2) is 5.40. The van der Waals surface area contributed by atoms with Crippen molar-refractivity contribution >= 4 is 5.95 Å². The number of hydrogen-bond donors (Lipinski definition) is 2. The maximum absolute atomic E-state index is 6.01. The van der Waals surface area contributed by atoms with Crippen LogP contribution in [-0.2, 0) is 12.8 Å². The van der Waals surface area contributed by atoms with Crippen LogP contribution in [0, 0.1) is 5.92 Å². The molecule has 5 heteroatoms. The van der Waals surface area contributed by atoms with Crippen LogP contribution in [0.15, 0.2) is 0 Å². The summed E-state index contributed by atoms with van der Waals surface area (Å²) in [4.78, 5) is 4.47. The van der Waals surface area contributed by atoms with Crippen molar-refractivity contribution in [1.29, 1.82) is 0 Å². The summed E-state index contributed by atoms with van der Waals surface area (Å²) in [5.74, 6) is 1.30. The van der Waals surface area contributed by atoms with Gasteiger partial charge in [-0.05, 0) is 31.6 Å². The quantitative estimate of drug-likeness (QED) is 0.773. The van der Waals surface area contributed by atoms with Gasteiger partial charge in [0.1, 0.15) is 0 Å². The van der Waals surface area contributed by atoms with Crippen molar-refractivity contribution in [2.24, 2.45) is 11.7 Å². The van der Waals surface area contributed by atoms with Gasteiger partial charge >= 0.3 is 0 Å². The highest BCUT2D eigenvalue weighted by molar-refractivity contribution is 5.26. The fourth-order valence-electron chi connectivity index (χ4n) is 1.91. The summed E-state index contributed by atoms with van der Waals surface area (Å²) in [6, 6.07) is 0.217. The lowest BCUT2D eigenvalue weighted by Crippen LogP contribution is -2.31. The first-order chi connectivity index (χ1) is 8.24. The Bertz CT molecular complexity index is 375. The van der Waals surface area contributed by atoms with Gasteiger partial charge in [0.15, 0.2) is 0 Å². The molecule has 0 amide bonds. The van der Waals surface area contributed by atoms with Gasteiger partial charge in [-0.15, -0.1) is 5.10 Å². The topological polar surface area (TPSA) is 76.7 Å². The first-order valence-electron chi connectivity index (χ1n) is 6.46. The van der Waals surface area contributed by atoms with Gasteiger partial charge in [0.2, 0.25) is 5.95 Å². The summed E-state index contributed by atoms with van der Waals surface area (Å²) in [5.41, 5.74) is 8.04. The van der Waals surface area contributed by atoms with Gasteiger partial charge in [-0.2, -0.15) is 5.10 Å². The number of aryl methyl sites for hydroxylation is 2. The van der Waals surface area contributed by atoms with E-state index in [0.717, 1.165) is 30.8 Å². The van der Waals surface area contributed by atoms with E-state index in [0.29, 0.717) is 11.9 Å². The Labute approximate surface area is 102 Å². The van der Waals surface area contributed by atoms with Gasteiger partial charge in [0.05, 0.1) is 11.4 Å². The molecule has 17 heavy (non-hydrogen) atoms. The zero-order valence-electron chi connectivity index (χ0n) is 10.6.